The summed E-state index contributed by atoms with van der Waals surface area (Å²) in [5.41, 5.74) is 1.75. The lowest BCUT2D eigenvalue weighted by Gasteiger charge is -2.13. The highest BCUT2D eigenvalue weighted by atomic mass is 32.1. The van der Waals surface area contributed by atoms with Gasteiger partial charge >= 0.3 is 0 Å². The van der Waals surface area contributed by atoms with Crippen LogP contribution in [0.1, 0.15) is 19.8 Å². The molecule has 1 unspecified atom stereocenters. The Morgan fingerprint density at radius 1 is 1.33 bits per heavy atom. The van der Waals surface area contributed by atoms with Crippen molar-refractivity contribution in [3.05, 3.63) is 29.0 Å². The van der Waals surface area contributed by atoms with Crippen LogP contribution < -0.4 is 5.32 Å². The van der Waals surface area contributed by atoms with Crippen LogP contribution in [0.15, 0.2) is 29.0 Å². The molecule has 0 aromatic carbocycles. The number of rotatable bonds is 6. The van der Waals surface area contributed by atoms with Crippen LogP contribution in [0.5, 0.6) is 0 Å². The van der Waals surface area contributed by atoms with Crippen LogP contribution in [0.2, 0.25) is 0 Å². The zero-order valence-corrected chi connectivity index (χ0v) is 12.5. The van der Waals surface area contributed by atoms with E-state index in [-0.39, 0.29) is 12.6 Å². The maximum Gasteiger partial charge on any atom is 0.186 e. The lowest BCUT2D eigenvalue weighted by molar-refractivity contribution is 0.282. The second-order valence-corrected chi connectivity index (χ2v) is 5.72. The summed E-state index contributed by atoms with van der Waals surface area (Å²) >= 11 is 1.62. The molecule has 0 spiro atoms. The molecule has 3 heterocycles. The minimum atomic E-state index is 0.215. The predicted molar refractivity (Wildman–Crippen MR) is 83.5 cm³/mol. The number of nitrogens with one attached hydrogen (secondary N) is 1. The number of aromatic nitrogens is 4. The minimum absolute atomic E-state index is 0.215. The fourth-order valence-corrected chi connectivity index (χ4v) is 2.79. The Bertz CT molecular complexity index is 709. The third kappa shape index (κ3) is 3.03. The van der Waals surface area contributed by atoms with Crippen molar-refractivity contribution in [2.45, 2.75) is 25.8 Å². The van der Waals surface area contributed by atoms with Crippen molar-refractivity contribution in [3.63, 3.8) is 0 Å². The molecule has 0 aliphatic rings. The van der Waals surface area contributed by atoms with Gasteiger partial charge in [0.05, 0.1) is 0 Å². The van der Waals surface area contributed by atoms with Gasteiger partial charge in [-0.1, -0.05) is 0 Å². The van der Waals surface area contributed by atoms with Crippen molar-refractivity contribution in [1.29, 1.82) is 0 Å². The summed E-state index contributed by atoms with van der Waals surface area (Å²) in [5, 5.41) is 29.2. The Morgan fingerprint density at radius 3 is 3.00 bits per heavy atom. The molecule has 110 valence electrons. The standard InChI is InChI=1S/C14H17N5OS/c1-10(3-2-7-20)15-12-4-5-13-16-17-14(19(13)18-12)11-6-8-21-9-11/h4-6,8-10,20H,2-3,7H2,1H3,(H,15,18). The Morgan fingerprint density at radius 2 is 2.24 bits per heavy atom. The number of aliphatic hydroxyl groups is 1. The van der Waals surface area contributed by atoms with Gasteiger partial charge in [0.1, 0.15) is 5.82 Å². The molecule has 0 bridgehead atoms. The molecule has 1 atom stereocenters. The second kappa shape index (κ2) is 6.19. The summed E-state index contributed by atoms with van der Waals surface area (Å²) in [4.78, 5) is 0. The summed E-state index contributed by atoms with van der Waals surface area (Å²) in [6.07, 6.45) is 1.68. The van der Waals surface area contributed by atoms with Crippen molar-refractivity contribution in [2.24, 2.45) is 0 Å². The second-order valence-electron chi connectivity index (χ2n) is 4.94. The number of fused-ring (bicyclic) bond motifs is 1. The molecular formula is C14H17N5OS. The summed E-state index contributed by atoms with van der Waals surface area (Å²) < 4.78 is 1.75. The van der Waals surface area contributed by atoms with Gasteiger partial charge in [0, 0.05) is 23.6 Å². The number of aliphatic hydroxyl groups excluding tert-OH is 1. The number of hydrogen-bond acceptors (Lipinski definition) is 6. The Balaban J connectivity index is 1.87. The maximum atomic E-state index is 8.87. The summed E-state index contributed by atoms with van der Waals surface area (Å²) in [6, 6.07) is 6.06. The van der Waals surface area contributed by atoms with Gasteiger partial charge in [0.2, 0.25) is 0 Å². The van der Waals surface area contributed by atoms with Crippen molar-refractivity contribution in [2.75, 3.05) is 11.9 Å². The molecule has 0 fully saturated rings. The number of thiophene rings is 1. The average molecular weight is 303 g/mol. The van der Waals surface area contributed by atoms with E-state index in [2.05, 4.69) is 27.5 Å². The van der Waals surface area contributed by atoms with Gasteiger partial charge in [-0.2, -0.15) is 15.9 Å². The predicted octanol–water partition coefficient (Wildman–Crippen LogP) is 2.43. The van der Waals surface area contributed by atoms with E-state index in [1.165, 1.54) is 0 Å². The van der Waals surface area contributed by atoms with E-state index in [9.17, 15) is 0 Å². The smallest absolute Gasteiger partial charge is 0.186 e. The van der Waals surface area contributed by atoms with Gasteiger partial charge in [0.15, 0.2) is 11.5 Å². The summed E-state index contributed by atoms with van der Waals surface area (Å²) in [6.45, 7) is 2.29. The topological polar surface area (TPSA) is 75.3 Å². The molecule has 0 radical (unpaired) electrons. The SMILES string of the molecule is CC(CCCO)Nc1ccc2nnc(-c3ccsc3)n2n1. The van der Waals surface area contributed by atoms with Crippen LogP contribution in [-0.4, -0.2) is 37.6 Å². The van der Waals surface area contributed by atoms with Crippen LogP contribution in [0.25, 0.3) is 17.0 Å². The molecule has 0 amide bonds. The van der Waals surface area contributed by atoms with Crippen LogP contribution in [0, 0.1) is 0 Å². The molecular weight excluding hydrogens is 286 g/mol. The van der Waals surface area contributed by atoms with Gasteiger partial charge in [-0.25, -0.2) is 0 Å². The molecule has 0 saturated heterocycles. The first kappa shape index (κ1) is 14.0. The first-order valence-corrected chi connectivity index (χ1v) is 7.84. The van der Waals surface area contributed by atoms with Crippen LogP contribution in [0.4, 0.5) is 5.82 Å². The van der Waals surface area contributed by atoms with Gasteiger partial charge in [-0.3, -0.25) is 0 Å². The average Bonchev–Trinajstić information content (AvgIpc) is 3.13. The minimum Gasteiger partial charge on any atom is -0.396 e. The van der Waals surface area contributed by atoms with Gasteiger partial charge in [0.25, 0.3) is 0 Å². The number of hydrogen-bond donors (Lipinski definition) is 2. The molecule has 3 aromatic rings. The van der Waals surface area contributed by atoms with E-state index in [1.54, 1.807) is 15.9 Å². The monoisotopic (exact) mass is 303 g/mol. The number of nitrogens with zero attached hydrogens (tertiary/aromatic N) is 4. The van der Waals surface area contributed by atoms with Gasteiger partial charge in [-0.15, -0.1) is 15.3 Å². The highest BCUT2D eigenvalue weighted by molar-refractivity contribution is 7.08. The Hall–Kier alpha value is -1.99. The van der Waals surface area contributed by atoms with Crippen LogP contribution in [-0.2, 0) is 0 Å². The summed E-state index contributed by atoms with van der Waals surface area (Å²) in [5.74, 6) is 1.53. The molecule has 3 rings (SSSR count). The molecule has 7 heteroatoms. The fraction of sp³-hybridized carbons (Fsp3) is 0.357. The molecule has 0 saturated carbocycles. The molecule has 0 aliphatic heterocycles. The van der Waals surface area contributed by atoms with Gasteiger partial charge < -0.3 is 10.4 Å². The van der Waals surface area contributed by atoms with E-state index >= 15 is 0 Å². The Labute approximate surface area is 126 Å². The lowest BCUT2D eigenvalue weighted by Crippen LogP contribution is -2.17. The largest absolute Gasteiger partial charge is 0.396 e. The zero-order chi connectivity index (χ0) is 14.7. The third-order valence-corrected chi connectivity index (χ3v) is 3.91. The molecule has 0 aliphatic carbocycles. The highest BCUT2D eigenvalue weighted by Crippen LogP contribution is 2.21. The molecule has 6 nitrogen and oxygen atoms in total. The van der Waals surface area contributed by atoms with Gasteiger partial charge in [-0.05, 0) is 43.3 Å². The quantitative estimate of drug-likeness (QED) is 0.731. The molecule has 2 N–H and O–H groups in total. The zero-order valence-electron chi connectivity index (χ0n) is 11.7. The van der Waals surface area contributed by atoms with Crippen molar-refractivity contribution >= 4 is 22.8 Å². The fourth-order valence-electron chi connectivity index (χ4n) is 2.16. The first-order chi connectivity index (χ1) is 10.3. The van der Waals surface area contributed by atoms with E-state index in [4.69, 9.17) is 5.11 Å². The van der Waals surface area contributed by atoms with E-state index in [0.29, 0.717) is 0 Å². The van der Waals surface area contributed by atoms with Crippen LogP contribution >= 0.6 is 11.3 Å². The van der Waals surface area contributed by atoms with Crippen molar-refractivity contribution in [1.82, 2.24) is 19.8 Å². The van der Waals surface area contributed by atoms with E-state index in [0.717, 1.165) is 35.7 Å². The van der Waals surface area contributed by atoms with Crippen LogP contribution in [0.3, 0.4) is 0 Å². The molecule has 3 aromatic heterocycles. The van der Waals surface area contributed by atoms with E-state index in [1.807, 2.05) is 29.0 Å². The first-order valence-electron chi connectivity index (χ1n) is 6.90. The highest BCUT2D eigenvalue weighted by Gasteiger charge is 2.11. The number of anilines is 1. The van der Waals surface area contributed by atoms with Crippen molar-refractivity contribution in [3.8, 4) is 11.4 Å². The Kier molecular flexibility index (Phi) is 4.12. The maximum absolute atomic E-state index is 8.87. The third-order valence-electron chi connectivity index (χ3n) is 3.23. The van der Waals surface area contributed by atoms with E-state index < -0.39 is 0 Å². The van der Waals surface area contributed by atoms with Crippen molar-refractivity contribution < 1.29 is 5.11 Å². The lowest BCUT2D eigenvalue weighted by atomic mass is 10.2. The normalized spacial score (nSPS) is 12.7. The molecule has 21 heavy (non-hydrogen) atoms. The summed E-state index contributed by atoms with van der Waals surface area (Å²) in [7, 11) is 0.